The maximum Gasteiger partial charge on any atom is 0.244 e. The smallest absolute Gasteiger partial charge is 0.244 e. The van der Waals surface area contributed by atoms with Crippen molar-refractivity contribution in [1.82, 2.24) is 9.97 Å². The molecule has 0 fully saturated rings. The molecule has 0 saturated heterocycles. The fourth-order valence-corrected chi connectivity index (χ4v) is 3.00. The summed E-state index contributed by atoms with van der Waals surface area (Å²) in [6, 6.07) is 15.6. The van der Waals surface area contributed by atoms with Gasteiger partial charge in [-0.1, -0.05) is 48.0 Å². The van der Waals surface area contributed by atoms with Crippen molar-refractivity contribution in [1.29, 1.82) is 0 Å². The molecule has 4 rings (SSSR count). The topological polar surface area (TPSA) is 38.9 Å². The monoisotopic (exact) mass is 306 g/mol. The second-order valence-corrected chi connectivity index (χ2v) is 5.62. The molecule has 2 aromatic carbocycles. The predicted octanol–water partition coefficient (Wildman–Crippen LogP) is 3.49. The van der Waals surface area contributed by atoms with Gasteiger partial charge in [-0.05, 0) is 12.1 Å². The molecule has 0 amide bonds. The molecular formula is C16H8AlClN2O. The minimum Gasteiger partial charge on any atom is -0.438 e. The van der Waals surface area contributed by atoms with Gasteiger partial charge in [-0.25, -0.2) is 4.98 Å². The lowest BCUT2D eigenvalue weighted by atomic mass is 10.1. The average molecular weight is 307 g/mol. The lowest BCUT2D eigenvalue weighted by Gasteiger charge is -2.04. The molecular weight excluding hydrogens is 299 g/mol. The Morgan fingerprint density at radius 3 is 2.52 bits per heavy atom. The van der Waals surface area contributed by atoms with Gasteiger partial charge in [-0.2, -0.15) is 0 Å². The molecule has 0 aliphatic rings. The van der Waals surface area contributed by atoms with Crippen molar-refractivity contribution in [3.05, 3.63) is 53.6 Å². The first-order valence-corrected chi connectivity index (χ1v) is 7.39. The molecule has 0 atom stereocenters. The van der Waals surface area contributed by atoms with E-state index in [-0.39, 0.29) is 0 Å². The van der Waals surface area contributed by atoms with Gasteiger partial charge in [-0.15, -0.1) is 0 Å². The molecule has 0 aliphatic heterocycles. The van der Waals surface area contributed by atoms with Gasteiger partial charge >= 0.3 is 0 Å². The Morgan fingerprint density at radius 1 is 0.905 bits per heavy atom. The second-order valence-electron chi connectivity index (χ2n) is 4.69. The minimum absolute atomic E-state index is 0.553. The maximum atomic E-state index is 6.36. The Bertz CT molecular complexity index is 966. The molecule has 0 bridgehead atoms. The molecule has 0 unspecified atom stereocenters. The Kier molecular flexibility index (Phi) is 2.97. The SMILES string of the molecule is [Al][c]1nc(-c2ccccc2)c2c(n1)oc1cccc(Cl)c12. The van der Waals surface area contributed by atoms with E-state index in [0.29, 0.717) is 15.4 Å². The van der Waals surface area contributed by atoms with E-state index < -0.39 is 0 Å². The van der Waals surface area contributed by atoms with Crippen LogP contribution in [0, 0.1) is 0 Å². The van der Waals surface area contributed by atoms with Gasteiger partial charge in [0.05, 0.1) is 21.5 Å². The first-order chi connectivity index (χ1) is 10.2. The standard InChI is InChI=1S/C16H8ClN2O.Al/c17-11-7-4-8-12-13(11)14-15(10-5-2-1-3-6-10)18-9-19-16(14)20-12;/h1-8H;. The summed E-state index contributed by atoms with van der Waals surface area (Å²) in [6.07, 6.45) is 0. The summed E-state index contributed by atoms with van der Waals surface area (Å²) >= 11 is 8.88. The summed E-state index contributed by atoms with van der Waals surface area (Å²) in [7, 11) is 0. The molecule has 98 valence electrons. The molecule has 3 nitrogen and oxygen atoms in total. The number of rotatable bonds is 1. The lowest BCUT2D eigenvalue weighted by molar-refractivity contribution is 0.654. The van der Waals surface area contributed by atoms with E-state index in [4.69, 9.17) is 16.0 Å². The van der Waals surface area contributed by atoms with Gasteiger partial charge in [-0.3, -0.25) is 4.98 Å². The lowest BCUT2D eigenvalue weighted by Crippen LogP contribution is -2.13. The van der Waals surface area contributed by atoms with E-state index in [1.54, 1.807) is 0 Å². The van der Waals surface area contributed by atoms with E-state index in [0.717, 1.165) is 27.6 Å². The first kappa shape index (κ1) is 12.9. The first-order valence-electron chi connectivity index (χ1n) is 6.44. The molecule has 5 heteroatoms. The zero-order valence-corrected chi connectivity index (χ0v) is 12.8. The predicted molar refractivity (Wildman–Crippen MR) is 85.1 cm³/mol. The summed E-state index contributed by atoms with van der Waals surface area (Å²) in [5.74, 6) is 0. The quantitative estimate of drug-likeness (QED) is 0.505. The highest BCUT2D eigenvalue weighted by atomic mass is 35.5. The third kappa shape index (κ3) is 2.04. The van der Waals surface area contributed by atoms with E-state index in [1.807, 2.05) is 48.5 Å². The Labute approximate surface area is 134 Å². The van der Waals surface area contributed by atoms with Crippen molar-refractivity contribution in [3.8, 4) is 11.3 Å². The molecule has 0 saturated carbocycles. The maximum absolute atomic E-state index is 6.36. The van der Waals surface area contributed by atoms with Crippen LogP contribution in [0.15, 0.2) is 52.9 Å². The number of furan rings is 1. The van der Waals surface area contributed by atoms with Gasteiger partial charge in [0.1, 0.15) is 5.58 Å². The normalized spacial score (nSPS) is 11.3. The number of benzene rings is 2. The van der Waals surface area contributed by atoms with Crippen LogP contribution in [0.25, 0.3) is 33.3 Å². The number of hydrogen-bond donors (Lipinski definition) is 0. The highest BCUT2D eigenvalue weighted by molar-refractivity contribution is 6.38. The summed E-state index contributed by atoms with van der Waals surface area (Å²) in [6.45, 7) is 0. The van der Waals surface area contributed by atoms with Crippen molar-refractivity contribution in [2.45, 2.75) is 0 Å². The molecule has 0 N–H and O–H groups in total. The summed E-state index contributed by atoms with van der Waals surface area (Å²) in [5, 5.41) is 2.36. The largest absolute Gasteiger partial charge is 0.438 e. The van der Waals surface area contributed by atoms with E-state index >= 15 is 0 Å². The zero-order valence-electron chi connectivity index (χ0n) is 10.9. The molecule has 21 heavy (non-hydrogen) atoms. The van der Waals surface area contributed by atoms with Crippen molar-refractivity contribution >= 4 is 54.6 Å². The van der Waals surface area contributed by atoms with Crippen LogP contribution in [0.2, 0.25) is 5.02 Å². The zero-order chi connectivity index (χ0) is 14.4. The van der Waals surface area contributed by atoms with Crippen LogP contribution < -0.4 is 4.69 Å². The van der Waals surface area contributed by atoms with E-state index in [9.17, 15) is 0 Å². The van der Waals surface area contributed by atoms with Crippen molar-refractivity contribution in [2.24, 2.45) is 0 Å². The van der Waals surface area contributed by atoms with Crippen LogP contribution in [0.3, 0.4) is 0 Å². The molecule has 2 radical (unpaired) electrons. The molecule has 2 heterocycles. The number of nitrogens with zero attached hydrogens (tertiary/aromatic N) is 2. The van der Waals surface area contributed by atoms with Crippen LogP contribution >= 0.6 is 11.6 Å². The van der Waals surface area contributed by atoms with Crippen LogP contribution in [-0.2, 0) is 0 Å². The fourth-order valence-electron chi connectivity index (χ4n) is 2.50. The van der Waals surface area contributed by atoms with Crippen molar-refractivity contribution < 1.29 is 4.42 Å². The highest BCUT2D eigenvalue weighted by Gasteiger charge is 2.17. The number of aromatic nitrogens is 2. The third-order valence-electron chi connectivity index (χ3n) is 3.37. The van der Waals surface area contributed by atoms with Gasteiger partial charge in [0, 0.05) is 10.2 Å². The van der Waals surface area contributed by atoms with Crippen LogP contribution in [0.5, 0.6) is 0 Å². The molecule has 4 aromatic rings. The molecule has 0 aliphatic carbocycles. The van der Waals surface area contributed by atoms with Gasteiger partial charge in [0.25, 0.3) is 0 Å². The summed E-state index contributed by atoms with van der Waals surface area (Å²) < 4.78 is 6.42. The van der Waals surface area contributed by atoms with Crippen molar-refractivity contribution in [3.63, 3.8) is 0 Å². The van der Waals surface area contributed by atoms with Gasteiger partial charge < -0.3 is 4.42 Å². The number of hydrogen-bond acceptors (Lipinski definition) is 3. The Morgan fingerprint density at radius 2 is 1.71 bits per heavy atom. The number of halogens is 1. The summed E-state index contributed by atoms with van der Waals surface area (Å²) in [4.78, 5) is 8.93. The van der Waals surface area contributed by atoms with Gasteiger partial charge in [0.2, 0.25) is 22.0 Å². The van der Waals surface area contributed by atoms with Gasteiger partial charge in [0.15, 0.2) is 0 Å². The summed E-state index contributed by atoms with van der Waals surface area (Å²) in [5.41, 5.74) is 3.12. The third-order valence-corrected chi connectivity index (χ3v) is 3.95. The Balaban J connectivity index is 2.22. The second kappa shape index (κ2) is 4.85. The van der Waals surface area contributed by atoms with E-state index in [1.165, 1.54) is 0 Å². The fraction of sp³-hybridized carbons (Fsp3) is 0. The number of fused-ring (bicyclic) bond motifs is 3. The molecule has 2 aromatic heterocycles. The average Bonchev–Trinajstić information content (AvgIpc) is 2.86. The van der Waals surface area contributed by atoms with E-state index in [2.05, 4.69) is 26.3 Å². The minimum atomic E-state index is 0.553. The molecule has 0 spiro atoms. The van der Waals surface area contributed by atoms with Crippen LogP contribution in [-0.4, -0.2) is 26.3 Å². The Hall–Kier alpha value is -1.86. The van der Waals surface area contributed by atoms with Crippen LogP contribution in [0.1, 0.15) is 0 Å². The highest BCUT2D eigenvalue weighted by Crippen LogP contribution is 2.37. The van der Waals surface area contributed by atoms with Crippen molar-refractivity contribution in [2.75, 3.05) is 0 Å². The van der Waals surface area contributed by atoms with Crippen LogP contribution in [0.4, 0.5) is 0 Å².